The predicted molar refractivity (Wildman–Crippen MR) is 91.7 cm³/mol. The first-order valence-corrected chi connectivity index (χ1v) is 9.53. The predicted octanol–water partition coefficient (Wildman–Crippen LogP) is 2.13. The van der Waals surface area contributed by atoms with Gasteiger partial charge in [0.15, 0.2) is 0 Å². The molecule has 1 aliphatic carbocycles. The number of carbonyl (C=O) groups is 1. The Morgan fingerprint density at radius 3 is 2.44 bits per heavy atom. The molecule has 0 saturated heterocycles. The van der Waals surface area contributed by atoms with Gasteiger partial charge in [0.2, 0.25) is 15.9 Å². The molecular formula is C18H19FN2O3S. The first-order valence-electron chi connectivity index (χ1n) is 8.05. The molecule has 25 heavy (non-hydrogen) atoms. The van der Waals surface area contributed by atoms with Gasteiger partial charge in [-0.25, -0.2) is 17.5 Å². The Morgan fingerprint density at radius 2 is 1.80 bits per heavy atom. The highest BCUT2D eigenvalue weighted by molar-refractivity contribution is 7.89. The quantitative estimate of drug-likeness (QED) is 0.792. The average molecular weight is 362 g/mol. The van der Waals surface area contributed by atoms with Gasteiger partial charge in [0.25, 0.3) is 0 Å². The van der Waals surface area contributed by atoms with Crippen LogP contribution in [0.1, 0.15) is 24.0 Å². The zero-order valence-electron chi connectivity index (χ0n) is 13.5. The van der Waals surface area contributed by atoms with E-state index in [1.54, 1.807) is 24.3 Å². The largest absolute Gasteiger partial charge is 0.352 e. The average Bonchev–Trinajstić information content (AvgIpc) is 3.37. The fourth-order valence-electron chi connectivity index (χ4n) is 2.37. The number of rotatable bonds is 7. The van der Waals surface area contributed by atoms with Gasteiger partial charge in [0, 0.05) is 12.6 Å². The van der Waals surface area contributed by atoms with Gasteiger partial charge >= 0.3 is 0 Å². The second-order valence-corrected chi connectivity index (χ2v) is 7.84. The van der Waals surface area contributed by atoms with E-state index in [2.05, 4.69) is 10.0 Å². The van der Waals surface area contributed by atoms with Crippen LogP contribution in [0.5, 0.6) is 0 Å². The second-order valence-electron chi connectivity index (χ2n) is 6.12. The molecule has 2 aromatic carbocycles. The number of hydrogen-bond acceptors (Lipinski definition) is 3. The molecule has 1 amide bonds. The molecule has 5 nitrogen and oxygen atoms in total. The van der Waals surface area contributed by atoms with Crippen molar-refractivity contribution in [2.24, 2.45) is 0 Å². The van der Waals surface area contributed by atoms with Crippen molar-refractivity contribution < 1.29 is 17.6 Å². The van der Waals surface area contributed by atoms with Crippen LogP contribution in [-0.4, -0.2) is 20.4 Å². The third-order valence-corrected chi connectivity index (χ3v) is 5.41. The van der Waals surface area contributed by atoms with Crippen LogP contribution in [0.2, 0.25) is 0 Å². The molecule has 2 N–H and O–H groups in total. The molecule has 3 rings (SSSR count). The van der Waals surface area contributed by atoms with E-state index in [0.717, 1.165) is 18.4 Å². The summed E-state index contributed by atoms with van der Waals surface area (Å²) in [6.45, 7) is 0.282. The summed E-state index contributed by atoms with van der Waals surface area (Å²) in [5, 5.41) is 2.74. The van der Waals surface area contributed by atoms with Gasteiger partial charge in [-0.2, -0.15) is 0 Å². The van der Waals surface area contributed by atoms with E-state index in [9.17, 15) is 17.6 Å². The maximum absolute atomic E-state index is 13.1. The van der Waals surface area contributed by atoms with Crippen LogP contribution in [-0.2, 0) is 27.8 Å². The smallest absolute Gasteiger partial charge is 0.240 e. The van der Waals surface area contributed by atoms with E-state index in [1.807, 2.05) is 0 Å². The summed E-state index contributed by atoms with van der Waals surface area (Å²) in [4.78, 5) is 12.1. The van der Waals surface area contributed by atoms with Crippen LogP contribution in [0.3, 0.4) is 0 Å². The van der Waals surface area contributed by atoms with Crippen molar-refractivity contribution in [1.82, 2.24) is 10.0 Å². The Bertz CT molecular complexity index is 862. The molecule has 1 saturated carbocycles. The SMILES string of the molecule is O=C(Cc1cccc(F)c1)NCc1ccc(S(=O)(=O)NC2CC2)cc1. The van der Waals surface area contributed by atoms with Crippen LogP contribution in [0, 0.1) is 5.82 Å². The van der Waals surface area contributed by atoms with Gasteiger partial charge in [-0.1, -0.05) is 24.3 Å². The van der Waals surface area contributed by atoms with Crippen LogP contribution in [0.15, 0.2) is 53.4 Å². The summed E-state index contributed by atoms with van der Waals surface area (Å²) in [5.74, 6) is -0.598. The van der Waals surface area contributed by atoms with E-state index in [-0.39, 0.29) is 35.6 Å². The summed E-state index contributed by atoms with van der Waals surface area (Å²) in [5.41, 5.74) is 1.39. The van der Waals surface area contributed by atoms with Crippen molar-refractivity contribution in [3.8, 4) is 0 Å². The summed E-state index contributed by atoms with van der Waals surface area (Å²) >= 11 is 0. The zero-order valence-corrected chi connectivity index (χ0v) is 14.4. The number of benzene rings is 2. The van der Waals surface area contributed by atoms with E-state index < -0.39 is 10.0 Å². The summed E-state index contributed by atoms with van der Waals surface area (Å²) in [7, 11) is -3.46. The first-order chi connectivity index (χ1) is 11.9. The summed E-state index contributed by atoms with van der Waals surface area (Å²) < 4.78 is 39.9. The molecule has 0 aromatic heterocycles. The molecular weight excluding hydrogens is 343 g/mol. The molecule has 0 heterocycles. The monoisotopic (exact) mass is 362 g/mol. The number of carbonyl (C=O) groups excluding carboxylic acids is 1. The second kappa shape index (κ2) is 7.33. The normalized spacial score (nSPS) is 14.3. The Balaban J connectivity index is 1.53. The van der Waals surface area contributed by atoms with Crippen LogP contribution in [0.25, 0.3) is 0 Å². The highest BCUT2D eigenvalue weighted by Crippen LogP contribution is 2.22. The van der Waals surface area contributed by atoms with Crippen molar-refractivity contribution in [2.45, 2.75) is 36.7 Å². The number of hydrogen-bond donors (Lipinski definition) is 2. The molecule has 7 heteroatoms. The third kappa shape index (κ3) is 5.11. The number of halogens is 1. The van der Waals surface area contributed by atoms with Gasteiger partial charge < -0.3 is 5.32 Å². The van der Waals surface area contributed by atoms with Gasteiger partial charge in [0.1, 0.15) is 5.82 Å². The minimum Gasteiger partial charge on any atom is -0.352 e. The van der Waals surface area contributed by atoms with Gasteiger partial charge in [0.05, 0.1) is 11.3 Å². The lowest BCUT2D eigenvalue weighted by Crippen LogP contribution is -2.26. The van der Waals surface area contributed by atoms with Crippen molar-refractivity contribution >= 4 is 15.9 Å². The van der Waals surface area contributed by atoms with Gasteiger partial charge in [-0.05, 0) is 48.2 Å². The first kappa shape index (κ1) is 17.6. The molecule has 0 bridgehead atoms. The third-order valence-electron chi connectivity index (χ3n) is 3.88. The molecule has 0 radical (unpaired) electrons. The maximum atomic E-state index is 13.1. The van der Waals surface area contributed by atoms with Crippen LogP contribution >= 0.6 is 0 Å². The molecule has 0 aliphatic heterocycles. The Labute approximate surface area is 146 Å². The Hall–Kier alpha value is -2.25. The van der Waals surface area contributed by atoms with E-state index >= 15 is 0 Å². The molecule has 1 fully saturated rings. The van der Waals surface area contributed by atoms with Crippen molar-refractivity contribution in [3.05, 3.63) is 65.5 Å². The van der Waals surface area contributed by atoms with Crippen LogP contribution < -0.4 is 10.0 Å². The highest BCUT2D eigenvalue weighted by Gasteiger charge is 2.27. The lowest BCUT2D eigenvalue weighted by Gasteiger charge is -2.08. The van der Waals surface area contributed by atoms with Crippen molar-refractivity contribution in [1.29, 1.82) is 0 Å². The number of sulfonamides is 1. The molecule has 0 spiro atoms. The van der Waals surface area contributed by atoms with E-state index in [4.69, 9.17) is 0 Å². The highest BCUT2D eigenvalue weighted by atomic mass is 32.2. The Morgan fingerprint density at radius 1 is 1.08 bits per heavy atom. The van der Waals surface area contributed by atoms with E-state index in [0.29, 0.717) is 5.56 Å². The minimum absolute atomic E-state index is 0.0618. The molecule has 2 aromatic rings. The fraction of sp³-hybridized carbons (Fsp3) is 0.278. The zero-order chi connectivity index (χ0) is 17.9. The topological polar surface area (TPSA) is 75.3 Å². The Kier molecular flexibility index (Phi) is 5.15. The van der Waals surface area contributed by atoms with Crippen LogP contribution in [0.4, 0.5) is 4.39 Å². The maximum Gasteiger partial charge on any atom is 0.240 e. The standard InChI is InChI=1S/C18H19FN2O3S/c19-15-3-1-2-14(10-15)11-18(22)20-12-13-4-8-17(9-5-13)25(23,24)21-16-6-7-16/h1-5,8-10,16,21H,6-7,11-12H2,(H,20,22). The lowest BCUT2D eigenvalue weighted by molar-refractivity contribution is -0.120. The summed E-state index contributed by atoms with van der Waals surface area (Å²) in [6.07, 6.45) is 1.86. The van der Waals surface area contributed by atoms with Gasteiger partial charge in [-0.3, -0.25) is 4.79 Å². The molecule has 0 unspecified atom stereocenters. The van der Waals surface area contributed by atoms with Crippen molar-refractivity contribution in [3.63, 3.8) is 0 Å². The molecule has 132 valence electrons. The van der Waals surface area contributed by atoms with Gasteiger partial charge in [-0.15, -0.1) is 0 Å². The number of nitrogens with one attached hydrogen (secondary N) is 2. The molecule has 0 atom stereocenters. The molecule has 1 aliphatic rings. The number of amides is 1. The lowest BCUT2D eigenvalue weighted by atomic mass is 10.1. The minimum atomic E-state index is -3.46. The fourth-order valence-corrected chi connectivity index (χ4v) is 3.68. The summed E-state index contributed by atoms with van der Waals surface area (Å²) in [6, 6.07) is 12.4. The van der Waals surface area contributed by atoms with Crippen molar-refractivity contribution in [2.75, 3.05) is 0 Å². The van der Waals surface area contributed by atoms with E-state index in [1.165, 1.54) is 24.3 Å².